The molecule has 6 amide bonds. The van der Waals surface area contributed by atoms with Crippen molar-refractivity contribution in [2.75, 3.05) is 124 Å². The highest BCUT2D eigenvalue weighted by atomic mass is 32.1. The Kier molecular flexibility index (Phi) is 38.7. The first-order valence-corrected chi connectivity index (χ1v) is 60.7. The molecule has 12 rings (SSSR count). The smallest absolute Gasteiger partial charge is 0.328 e. The SMILES string of the molecule is C=C1NC(=O)C(C)=CN1[C@@H]1O[C@H](CCP(=C)(C)C)[C@@H](O)[C@H]1O.C=C1NC(=O)C=NN1[C@@H]1O[C@H](CCP(=C)(C)C)[C@@H](O)[C@H]1O.C=C1NC(=O)N(C)C=C1[C@@H]1O[C@H](CCP(=C)(C)C)[C@@H](O)[C@H]1O.C=C1NC(=O)NC=C1[C@@H]1O[C@H](CCP(=C)(C)C)[C@@H](O)[C@H]1O.C=C1NC(=S)C=CN1[C@@H]1O[C@H](CCP(=C)(C)C)[C@@H](O)[C@H]1O.C=P(C)(C)CC[C@H]1O[C@@H](c2c[nH]c(=O)n(C)c2=O)[C@H](O)[C@@H]1O. The lowest BCUT2D eigenvalue weighted by Crippen LogP contribution is -2.47. The number of amides is 6. The molecule has 0 saturated carbocycles. The van der Waals surface area contributed by atoms with Crippen LogP contribution in [0.25, 0.3) is 0 Å². The quantitative estimate of drug-likeness (QED) is 0.0502. The molecule has 1 aromatic heterocycles. The summed E-state index contributed by atoms with van der Waals surface area (Å²) in [6, 6.07) is -0.668. The van der Waals surface area contributed by atoms with Crippen LogP contribution in [-0.2, 0) is 45.1 Å². The number of hydrogen-bond acceptors (Lipinski definition) is 29. The van der Waals surface area contributed by atoms with Crippen molar-refractivity contribution in [3.05, 3.63) is 142 Å². The zero-order valence-electron chi connectivity index (χ0n) is 76.7. The van der Waals surface area contributed by atoms with Gasteiger partial charge in [-0.2, -0.15) is 5.10 Å². The molecule has 0 radical (unpaired) electrons. The Labute approximate surface area is 762 Å². The van der Waals surface area contributed by atoms with Crippen LogP contribution in [0.4, 0.5) is 9.59 Å². The molecule has 129 heavy (non-hydrogen) atoms. The van der Waals surface area contributed by atoms with E-state index >= 15 is 0 Å². The summed E-state index contributed by atoms with van der Waals surface area (Å²) < 4.78 is 35.7. The van der Waals surface area contributed by atoms with Crippen molar-refractivity contribution in [2.45, 2.75) is 192 Å². The van der Waals surface area contributed by atoms with E-state index < -0.39 is 193 Å². The van der Waals surface area contributed by atoms with Crippen molar-refractivity contribution < 1.29 is 109 Å². The first-order chi connectivity index (χ1) is 59.4. The van der Waals surface area contributed by atoms with Crippen LogP contribution < -0.4 is 43.1 Å². The van der Waals surface area contributed by atoms with Gasteiger partial charge in [0.1, 0.15) is 120 Å². The van der Waals surface area contributed by atoms with Crippen LogP contribution >= 0.6 is 53.5 Å². The van der Waals surface area contributed by atoms with E-state index in [1.165, 1.54) is 29.4 Å². The summed E-state index contributed by atoms with van der Waals surface area (Å²) in [5, 5.41) is 143. The minimum absolute atomic E-state index is 0.139. The van der Waals surface area contributed by atoms with Gasteiger partial charge in [0.2, 0.25) is 0 Å². The largest absolute Gasteiger partial charge is 0.388 e. The standard InChI is InChI=1S/2C15H25N2O4P.C14H23N2O5P.C14H23N2O4P.C14H23N2O3PS.C13H22N3O4P/c1-9-10(8-17(2)15(20)16-9)14-13(19)12(18)11(21-14)6-7-22(3,4)5;1-9-8-17(10(2)16-14(9)20)15-13(19)12(18)11(21-15)6-7-22(3,4)5;1-16-13(19)8(7-15-14(16)20)12-11(18)10(17)9(21-12)5-6-22(2,3)4;1-8-9(7-15-14(19)16-8)13-12(18)11(17)10(20-13)5-6-21(2,3)4;1-9-15-11(21)5-7-16(9)14-13(18)12(17)10(19-14)6-8-20(2,3)4;1-8-15-10(17)7-14-16(8)13-12(19)11(18)9(20-13)5-6-21(2,3)4/h8,11-14,18-19H,1,3,6-7H2,2,4-5H3,(H,16,20);8,11-13,15,18-19H,2-3,6-7H2,1,4-5H3,(H,16,20);7,9-12,17-18H,2,5-6H2,1,3-4H3,(H,15,20);7,10-13,17-18H,1-2,5-6H2,3-4H3,(H2,15,16,19);5,7,10,12-14,17-18H,1-2,6,8H2,3-4H3,(H,15,21);7,9,11-13,18-19H,1-2,5-6H2,3-4H3,(H,15,17)/t11-,12-,13-,14+;11-,12-,13-,15-;9-,10-,11-,12+;10-,11-,12-,13+;10-,12-,13-,14-;9-,11-,12-,13-/m111111/s1. The molecule has 0 bridgehead atoms. The van der Waals surface area contributed by atoms with Crippen LogP contribution in [0.5, 0.6) is 0 Å². The average molecular weight is 1950 g/mol. The van der Waals surface area contributed by atoms with Crippen LogP contribution in [0.15, 0.2) is 130 Å². The molecule has 44 heteroatoms. The number of urea groups is 2. The minimum atomic E-state index is -1.27. The predicted octanol–water partition coefficient (Wildman–Crippen LogP) is 0.758. The summed E-state index contributed by atoms with van der Waals surface area (Å²) in [6.07, 6.45) is 24.6. The van der Waals surface area contributed by atoms with Gasteiger partial charge in [0.15, 0.2) is 18.7 Å². The van der Waals surface area contributed by atoms with E-state index in [2.05, 4.69) is 193 Å². The number of H-pyrrole nitrogens is 1. The van der Waals surface area contributed by atoms with Gasteiger partial charge in [0.05, 0.1) is 42.2 Å². The predicted molar refractivity (Wildman–Crippen MR) is 526 cm³/mol. The number of ether oxygens (including phenoxy) is 6. The highest BCUT2D eigenvalue weighted by Gasteiger charge is 2.52. The highest BCUT2D eigenvalue weighted by Crippen LogP contribution is 2.46. The fraction of sp³-hybridized carbons (Fsp3) is 0.600. The second kappa shape index (κ2) is 45.5. The van der Waals surface area contributed by atoms with Crippen LogP contribution in [0.2, 0.25) is 0 Å². The molecule has 24 atom stereocenters. The van der Waals surface area contributed by atoms with Crippen LogP contribution in [0, 0.1) is 0 Å². The maximum absolute atomic E-state index is 12.1. The Balaban J connectivity index is 0.000000212. The lowest BCUT2D eigenvalue weighted by molar-refractivity contribution is -0.119. The van der Waals surface area contributed by atoms with Gasteiger partial charge in [0, 0.05) is 73.2 Å². The number of carbonyl (C=O) groups is 4. The number of rotatable bonds is 24. The zero-order valence-corrected chi connectivity index (χ0v) is 82.9. The average Bonchev–Trinajstić information content (AvgIpc) is 1.67. The first kappa shape index (κ1) is 110. The number of thiocarbonyl (C=S) groups is 1. The maximum Gasteiger partial charge on any atom is 0.328 e. The Morgan fingerprint density at radius 3 is 1.21 bits per heavy atom. The van der Waals surface area contributed by atoms with Crippen LogP contribution in [0.1, 0.15) is 57.1 Å². The molecular weight excluding hydrogens is 1800 g/mol. The summed E-state index contributed by atoms with van der Waals surface area (Å²) in [5.74, 6) is 0.463. The van der Waals surface area contributed by atoms with E-state index in [-0.39, 0.29) is 41.4 Å². The number of hydrogen-bond donors (Lipinski definition) is 19. The number of aromatic nitrogens is 2. The van der Waals surface area contributed by atoms with E-state index in [9.17, 15) is 90.0 Å². The summed E-state index contributed by atoms with van der Waals surface area (Å²) in [7, 11) is 2.95. The number of aromatic amines is 1. The topological polar surface area (TPSA) is 519 Å². The summed E-state index contributed by atoms with van der Waals surface area (Å²) in [5.41, 5.74) is 1.45. The molecule has 0 aromatic carbocycles. The first-order valence-electron chi connectivity index (χ1n) is 42.0. The van der Waals surface area contributed by atoms with Gasteiger partial charge in [-0.05, 0) is 168 Å². The molecule has 6 saturated heterocycles. The van der Waals surface area contributed by atoms with Crippen LogP contribution in [0.3, 0.4) is 0 Å². The lowest BCUT2D eigenvalue weighted by atomic mass is 9.99. The summed E-state index contributed by atoms with van der Waals surface area (Å²) in [6.45, 7) is 38.6. The Morgan fingerprint density at radius 2 is 0.798 bits per heavy atom. The van der Waals surface area contributed by atoms with Gasteiger partial charge in [0.25, 0.3) is 17.4 Å². The second-order valence-electron chi connectivity index (χ2n) is 38.1. The number of carbonyl (C=O) groups excluding carboxylic acids is 4. The molecule has 0 aliphatic carbocycles. The second-order valence-corrected chi connectivity index (χ2v) is 64.4. The number of nitrogens with zero attached hydrogens (tertiary/aromatic N) is 6. The number of aliphatic hydroxyl groups excluding tert-OH is 12. The summed E-state index contributed by atoms with van der Waals surface area (Å²) >= 11 is 5.03. The van der Waals surface area contributed by atoms with Crippen molar-refractivity contribution in [3.8, 4) is 0 Å². The van der Waals surface area contributed by atoms with Gasteiger partial charge >= 0.3 is 17.8 Å². The molecule has 19 N–H and O–H groups in total. The Hall–Kier alpha value is -6.14. The third-order valence-electron chi connectivity index (χ3n) is 22.4. The molecule has 12 heterocycles. The molecule has 6 fully saturated rings. The monoisotopic (exact) mass is 1950 g/mol. The number of nitrogens with one attached hydrogen (secondary N) is 7. The third-order valence-corrected chi connectivity index (χ3v) is 31.5. The molecule has 1 aromatic rings. The van der Waals surface area contributed by atoms with Gasteiger partial charge < -0.3 is 141 Å². The van der Waals surface area contributed by atoms with E-state index in [0.717, 1.165) is 47.8 Å². The normalized spacial score (nSPS) is 32.5. The Morgan fingerprint density at radius 1 is 0.434 bits per heavy atom. The fourth-order valence-electron chi connectivity index (χ4n) is 14.8. The van der Waals surface area contributed by atoms with E-state index in [1.54, 1.807) is 48.4 Å². The van der Waals surface area contributed by atoms with Crippen molar-refractivity contribution in [1.82, 2.24) is 61.2 Å². The van der Waals surface area contributed by atoms with Crippen molar-refractivity contribution >= 4 is 126 Å². The molecule has 11 aliphatic heterocycles. The molecule has 726 valence electrons. The fourth-order valence-corrected chi connectivity index (χ4v) is 20.7. The van der Waals surface area contributed by atoms with E-state index in [0.29, 0.717) is 83.3 Å². The van der Waals surface area contributed by atoms with Crippen LogP contribution in [-0.4, -0.2) is 428 Å². The van der Waals surface area contributed by atoms with E-state index in [4.69, 9.17) is 40.6 Å². The van der Waals surface area contributed by atoms with Gasteiger partial charge in [-0.25, -0.2) is 19.4 Å². The van der Waals surface area contributed by atoms with Crippen molar-refractivity contribution in [3.63, 3.8) is 0 Å². The third kappa shape index (κ3) is 30.9. The van der Waals surface area contributed by atoms with Gasteiger partial charge in [-0.1, -0.05) is 45.1 Å². The highest BCUT2D eigenvalue weighted by molar-refractivity contribution is 7.80. The molecular formula is C85H141N13O24P6S. The number of hydrazone groups is 1. The van der Waals surface area contributed by atoms with Gasteiger partial charge in [-0.15, -0.1) is 79.1 Å². The van der Waals surface area contributed by atoms with E-state index in [1.807, 2.05) is 0 Å². The minimum Gasteiger partial charge on any atom is -0.388 e. The molecule has 37 nitrogen and oxygen atoms in total. The molecule has 0 spiro atoms. The Bertz CT molecular complexity index is 4810. The molecule has 0 unspecified atom stereocenters. The lowest BCUT2D eigenvalue weighted by Gasteiger charge is -2.34. The van der Waals surface area contributed by atoms with Gasteiger partial charge in [-0.3, -0.25) is 19.0 Å². The zero-order chi connectivity index (χ0) is 97.3. The maximum atomic E-state index is 12.1. The van der Waals surface area contributed by atoms with Crippen molar-refractivity contribution in [2.24, 2.45) is 12.1 Å². The molecule has 11 aliphatic rings. The van der Waals surface area contributed by atoms with Crippen molar-refractivity contribution in [1.29, 1.82) is 0 Å². The number of aliphatic hydroxyl groups is 12. The summed E-state index contributed by atoms with van der Waals surface area (Å²) in [4.78, 5) is 76.5.